The van der Waals surface area contributed by atoms with Crippen LogP contribution in [0.2, 0.25) is 0 Å². The summed E-state index contributed by atoms with van der Waals surface area (Å²) in [5, 5.41) is 7.63. The van der Waals surface area contributed by atoms with Crippen LogP contribution in [0.3, 0.4) is 0 Å². The van der Waals surface area contributed by atoms with E-state index in [2.05, 4.69) is 240 Å². The molecule has 0 radical (unpaired) electrons. The summed E-state index contributed by atoms with van der Waals surface area (Å²) in [5.41, 5.74) is 18.3. The second-order valence-corrected chi connectivity index (χ2v) is 15.2. The third-order valence-corrected chi connectivity index (χ3v) is 11.6. The minimum atomic E-state index is 0.945. The number of hydrogen-bond acceptors (Lipinski definition) is 1. The lowest BCUT2D eigenvalue weighted by Crippen LogP contribution is -1.99. The van der Waals surface area contributed by atoms with Crippen LogP contribution < -0.4 is 0 Å². The molecule has 0 spiro atoms. The predicted molar refractivity (Wildman–Crippen MR) is 251 cm³/mol. The minimum Gasteiger partial charge on any atom is -0.309 e. The zero-order valence-electron chi connectivity index (χ0n) is 32.9. The Kier molecular flexibility index (Phi) is 8.83. The van der Waals surface area contributed by atoms with Crippen molar-refractivity contribution in [2.24, 2.45) is 0 Å². The van der Waals surface area contributed by atoms with Crippen molar-refractivity contribution < 1.29 is 0 Å². The molecule has 0 saturated heterocycles. The van der Waals surface area contributed by atoms with Crippen LogP contribution in [0.5, 0.6) is 0 Å². The van der Waals surface area contributed by atoms with Crippen molar-refractivity contribution in [3.63, 3.8) is 0 Å². The van der Waals surface area contributed by atoms with Crippen molar-refractivity contribution in [3.8, 4) is 78.4 Å². The first-order valence-corrected chi connectivity index (χ1v) is 20.5. The topological polar surface area (TPSA) is 22.8 Å². The van der Waals surface area contributed by atoms with E-state index in [4.69, 9.17) is 5.10 Å². The molecule has 2 aromatic heterocycles. The molecule has 0 aliphatic heterocycles. The Bertz CT molecular complexity index is 3270. The molecule has 0 N–H and O–H groups in total. The van der Waals surface area contributed by atoms with E-state index in [1.807, 2.05) is 6.07 Å². The maximum absolute atomic E-state index is 5.12. The first-order chi connectivity index (χ1) is 29.8. The van der Waals surface area contributed by atoms with Gasteiger partial charge in [-0.1, -0.05) is 188 Å². The van der Waals surface area contributed by atoms with E-state index in [1.165, 1.54) is 60.8 Å². The Labute approximate surface area is 349 Å². The van der Waals surface area contributed by atoms with Crippen LogP contribution in [-0.2, 0) is 0 Å². The highest BCUT2D eigenvalue weighted by Gasteiger charge is 2.17. The largest absolute Gasteiger partial charge is 0.309 e. The average molecular weight is 766 g/mol. The van der Waals surface area contributed by atoms with Gasteiger partial charge in [0, 0.05) is 27.6 Å². The quantitative estimate of drug-likeness (QED) is 0.151. The van der Waals surface area contributed by atoms with Gasteiger partial charge >= 0.3 is 0 Å². The van der Waals surface area contributed by atoms with Gasteiger partial charge in [0.15, 0.2) is 0 Å². The molecule has 0 fully saturated rings. The van der Waals surface area contributed by atoms with Crippen LogP contribution in [0.15, 0.2) is 237 Å². The van der Waals surface area contributed by atoms with Gasteiger partial charge in [0.25, 0.3) is 0 Å². The maximum atomic E-state index is 5.12. The summed E-state index contributed by atoms with van der Waals surface area (Å²) in [4.78, 5) is 0. The predicted octanol–water partition coefficient (Wildman–Crippen LogP) is 15.0. The Morgan fingerprint density at radius 3 is 1.37 bits per heavy atom. The second-order valence-electron chi connectivity index (χ2n) is 15.2. The lowest BCUT2D eigenvalue weighted by molar-refractivity contribution is 0.892. The van der Waals surface area contributed by atoms with Gasteiger partial charge < -0.3 is 4.57 Å². The van der Waals surface area contributed by atoms with Gasteiger partial charge in [-0.05, 0) is 93.0 Å². The van der Waals surface area contributed by atoms with Crippen LogP contribution in [0.25, 0.3) is 100 Å². The van der Waals surface area contributed by atoms with Gasteiger partial charge in [0.2, 0.25) is 0 Å². The summed E-state index contributed by atoms with van der Waals surface area (Å²) in [5.74, 6) is 0. The highest BCUT2D eigenvalue weighted by atomic mass is 15.3. The fourth-order valence-corrected chi connectivity index (χ4v) is 8.72. The molecule has 0 amide bonds. The van der Waals surface area contributed by atoms with Crippen LogP contribution in [-0.4, -0.2) is 14.3 Å². The van der Waals surface area contributed by atoms with Crippen LogP contribution in [0.1, 0.15) is 0 Å². The molecule has 9 aromatic carbocycles. The van der Waals surface area contributed by atoms with E-state index < -0.39 is 0 Å². The SMILES string of the molecule is c1ccc(-c2ccc3c(c2)c2ccccc2n3-c2ccc(-c3ccccc3-c3ccccc3-c3ccc(-n4nc(-c5ccccc5)cc4-c4ccccc4)cc3)cc2)cc1. The zero-order chi connectivity index (χ0) is 39.8. The number of aromatic nitrogens is 3. The number of nitrogens with zero attached hydrogens (tertiary/aromatic N) is 3. The lowest BCUT2D eigenvalue weighted by atomic mass is 9.89. The minimum absolute atomic E-state index is 0.945. The number of para-hydroxylation sites is 1. The summed E-state index contributed by atoms with van der Waals surface area (Å²) in [6.45, 7) is 0. The normalized spacial score (nSPS) is 11.3. The summed E-state index contributed by atoms with van der Waals surface area (Å²) >= 11 is 0. The van der Waals surface area contributed by atoms with Crippen LogP contribution >= 0.6 is 0 Å². The van der Waals surface area contributed by atoms with Crippen molar-refractivity contribution >= 4 is 21.8 Å². The molecule has 0 unspecified atom stereocenters. The molecule has 11 rings (SSSR count). The first-order valence-electron chi connectivity index (χ1n) is 20.5. The standard InChI is InChI=1S/C57H39N3/c1-4-16-40(17-5-1)45-32-37-56-53(38-45)52-26-14-15-27-55(52)59(56)46-33-28-41(29-34-46)48-22-10-12-24-50(48)51-25-13-11-23-49(51)42-30-35-47(36-31-42)60-57(44-20-8-3-9-21-44)39-54(58-60)43-18-6-2-7-19-43/h1-39H. The summed E-state index contributed by atoms with van der Waals surface area (Å²) in [6.07, 6.45) is 0. The summed E-state index contributed by atoms with van der Waals surface area (Å²) in [7, 11) is 0. The molecule has 0 bridgehead atoms. The fraction of sp³-hybridized carbons (Fsp3) is 0. The average Bonchev–Trinajstić information content (AvgIpc) is 3.93. The fourth-order valence-electron chi connectivity index (χ4n) is 8.72. The van der Waals surface area contributed by atoms with Crippen molar-refractivity contribution in [2.45, 2.75) is 0 Å². The smallest absolute Gasteiger partial charge is 0.0934 e. The number of fused-ring (bicyclic) bond motifs is 3. The van der Waals surface area contributed by atoms with E-state index in [9.17, 15) is 0 Å². The summed E-state index contributed by atoms with van der Waals surface area (Å²) < 4.78 is 4.45. The van der Waals surface area contributed by atoms with Crippen molar-refractivity contribution in [3.05, 3.63) is 237 Å². The van der Waals surface area contributed by atoms with Crippen molar-refractivity contribution in [1.29, 1.82) is 0 Å². The second kappa shape index (κ2) is 15.1. The van der Waals surface area contributed by atoms with E-state index in [0.29, 0.717) is 0 Å². The molecule has 0 aliphatic rings. The Balaban J connectivity index is 0.945. The molecular formula is C57H39N3. The Morgan fingerprint density at radius 1 is 0.283 bits per heavy atom. The maximum Gasteiger partial charge on any atom is 0.0934 e. The van der Waals surface area contributed by atoms with E-state index in [-0.39, 0.29) is 0 Å². The van der Waals surface area contributed by atoms with Crippen LogP contribution in [0, 0.1) is 0 Å². The molecule has 3 heteroatoms. The number of hydrogen-bond donors (Lipinski definition) is 0. The van der Waals surface area contributed by atoms with Crippen molar-refractivity contribution in [2.75, 3.05) is 0 Å². The molecule has 11 aromatic rings. The zero-order valence-corrected chi connectivity index (χ0v) is 32.9. The van der Waals surface area contributed by atoms with Gasteiger partial charge in [0.05, 0.1) is 28.1 Å². The van der Waals surface area contributed by atoms with Gasteiger partial charge in [-0.15, -0.1) is 0 Å². The Hall–Kier alpha value is -8.01. The molecule has 282 valence electrons. The Morgan fingerprint density at radius 2 is 0.750 bits per heavy atom. The van der Waals surface area contributed by atoms with E-state index in [1.54, 1.807) is 0 Å². The monoisotopic (exact) mass is 765 g/mol. The number of benzene rings is 9. The van der Waals surface area contributed by atoms with Gasteiger partial charge in [-0.25, -0.2) is 4.68 Å². The highest BCUT2D eigenvalue weighted by molar-refractivity contribution is 6.10. The molecule has 3 nitrogen and oxygen atoms in total. The third-order valence-electron chi connectivity index (χ3n) is 11.6. The van der Waals surface area contributed by atoms with Gasteiger partial charge in [-0.2, -0.15) is 5.10 Å². The van der Waals surface area contributed by atoms with E-state index >= 15 is 0 Å². The summed E-state index contributed by atoms with van der Waals surface area (Å²) in [6, 6.07) is 84.6. The first kappa shape index (κ1) is 35.2. The van der Waals surface area contributed by atoms with Crippen molar-refractivity contribution in [1.82, 2.24) is 14.3 Å². The van der Waals surface area contributed by atoms with Gasteiger partial charge in [0.1, 0.15) is 0 Å². The molecule has 60 heavy (non-hydrogen) atoms. The van der Waals surface area contributed by atoms with Crippen LogP contribution in [0.4, 0.5) is 0 Å². The third kappa shape index (κ3) is 6.30. The molecular weight excluding hydrogens is 727 g/mol. The molecule has 0 aliphatic carbocycles. The lowest BCUT2D eigenvalue weighted by Gasteiger charge is -2.16. The molecule has 0 saturated carbocycles. The molecule has 0 atom stereocenters. The van der Waals surface area contributed by atoms with E-state index in [0.717, 1.165) is 39.5 Å². The highest BCUT2D eigenvalue weighted by Crippen LogP contribution is 2.40. The van der Waals surface area contributed by atoms with Gasteiger partial charge in [-0.3, -0.25) is 0 Å². The molecule has 2 heterocycles. The number of rotatable bonds is 8.